The number of hydrogen-bond donors (Lipinski definition) is 14. The Balaban J connectivity index is -0.000000163. The standard InChI is InChI=1S/2C9H16N2.2C8H16O.2C7H16N2.2C7H15NO.C6H9N.C5H9N3.C5H5NO.3C4H8N4.2C4H9NO.2C4H10/c2*1-6(2)8-5-10-9(11-8)7(3)4;2*1-6(2)5-8(9)7(3)4;2*1-5(2)7(8)9-6(3)4;2*1-5(2)7(9)8-6(3)4;1-6-4-2-3-5-7-6;1-4(2)5-3-6-8-7-5;7-5-3-1-2-4-6-5;3*1-3(2)4-5-7-8-6-4;2*1-3(2)4(5)6;2*1-4(2)3/h2*5-7H,1-4H3,(H,10,11);6-7H,5H2,1-4H3;5-7,9H,1-4H3;2*5-6H,1-4H3,(H2,8,9);2*5-6H,1-4H3,(H,8,9);2-7H,1H3;4H,3H2,1-2H3;1-4H,(H,6,7);3*3H,1-2H3,(H,5,6,7,8);2*3H,1-2H3,(H2,5,6);2*4H,1-3H3/b;;;8-5-;;;;;;;;;;;;;;. The molecule has 0 radical (unpaired) electrons. The number of hydrogen-bond acceptors (Lipinski definition) is 24. The number of amides is 4. The summed E-state index contributed by atoms with van der Waals surface area (Å²) in [7, 11) is 0. The lowest BCUT2D eigenvalue weighted by molar-refractivity contribution is -0.125. The summed E-state index contributed by atoms with van der Waals surface area (Å²) in [6, 6.07) is 6.63. The van der Waals surface area contributed by atoms with Crippen LogP contribution in [-0.2, 0) is 24.0 Å². The fraction of sp³-hybridized carbons (Fsp3) is 0.736. The minimum atomic E-state index is -0.241. The van der Waals surface area contributed by atoms with Crippen LogP contribution in [0.2, 0.25) is 0 Å². The molecule has 8 rings (SSSR count). The highest BCUT2D eigenvalue weighted by molar-refractivity contribution is 5.88. The summed E-state index contributed by atoms with van der Waals surface area (Å²) in [5, 5.41) is 68.9. The Labute approximate surface area is 861 Å². The van der Waals surface area contributed by atoms with Crippen molar-refractivity contribution in [1.82, 2.24) is 103 Å². The number of rotatable bonds is 23. The van der Waals surface area contributed by atoms with E-state index in [0.717, 1.165) is 64.8 Å². The molecule has 0 saturated carbocycles. The van der Waals surface area contributed by atoms with Crippen molar-refractivity contribution < 1.29 is 29.1 Å². The Kier molecular flexibility index (Phi) is 98.7. The Hall–Kier alpha value is -10.8. The van der Waals surface area contributed by atoms with E-state index in [2.05, 4.69) is 280 Å². The minimum Gasteiger partial charge on any atom is -0.512 e. The van der Waals surface area contributed by atoms with Crippen molar-refractivity contribution in [2.24, 2.45) is 125 Å². The van der Waals surface area contributed by atoms with Crippen LogP contribution in [0.1, 0.15) is 441 Å². The molecule has 142 heavy (non-hydrogen) atoms. The second-order valence-corrected chi connectivity index (χ2v) is 41.9. The first-order valence-corrected chi connectivity index (χ1v) is 50.9. The maximum absolute atomic E-state index is 11.0. The van der Waals surface area contributed by atoms with Gasteiger partial charge < -0.3 is 58.9 Å². The van der Waals surface area contributed by atoms with Gasteiger partial charge in [0.25, 0.3) is 0 Å². The highest BCUT2D eigenvalue weighted by Gasteiger charge is 2.13. The molecule has 0 spiro atoms. The number of aliphatic imine (C=N–C) groups is 2. The highest BCUT2D eigenvalue weighted by Crippen LogP contribution is 2.18. The molecule has 0 saturated heterocycles. The molecule has 822 valence electrons. The predicted octanol–water partition coefficient (Wildman–Crippen LogP) is 22.9. The number of allylic oxidation sites excluding steroid dienone is 4. The van der Waals surface area contributed by atoms with Gasteiger partial charge in [0.2, 0.25) is 29.2 Å². The second-order valence-electron chi connectivity index (χ2n) is 41.9. The third-order valence-corrected chi connectivity index (χ3v) is 16.4. The average Bonchev–Trinajstić information content (AvgIpc) is 1.75. The van der Waals surface area contributed by atoms with Gasteiger partial charge in [-0.25, -0.2) is 9.97 Å². The molecular weight excluding hydrogens is 1790 g/mol. The van der Waals surface area contributed by atoms with Gasteiger partial charge in [-0.2, -0.15) is 20.8 Å². The number of aliphatic hydroxyl groups is 1. The Morgan fingerprint density at radius 3 is 0.887 bits per heavy atom. The van der Waals surface area contributed by atoms with E-state index in [-0.39, 0.29) is 76.8 Å². The van der Waals surface area contributed by atoms with Crippen molar-refractivity contribution >= 4 is 46.8 Å². The van der Waals surface area contributed by atoms with Crippen LogP contribution in [0, 0.1) is 76.9 Å². The van der Waals surface area contributed by atoms with Crippen molar-refractivity contribution in [2.75, 3.05) is 6.54 Å². The number of carbonyl (C=O) groups excluding carboxylic acids is 5. The number of amidine groups is 2. The van der Waals surface area contributed by atoms with E-state index in [0.29, 0.717) is 107 Å². The third-order valence-electron chi connectivity index (χ3n) is 16.4. The number of dihydropyridines is 1. The molecule has 8 heterocycles. The lowest BCUT2D eigenvalue weighted by Crippen LogP contribution is -2.33. The van der Waals surface area contributed by atoms with Gasteiger partial charge in [0.05, 0.1) is 23.1 Å². The monoisotopic (exact) mass is 2000 g/mol. The van der Waals surface area contributed by atoms with Crippen LogP contribution in [0.4, 0.5) is 0 Å². The van der Waals surface area contributed by atoms with Crippen molar-refractivity contribution in [3.8, 4) is 0 Å². The van der Waals surface area contributed by atoms with Crippen molar-refractivity contribution in [2.45, 2.75) is 431 Å². The van der Waals surface area contributed by atoms with Crippen molar-refractivity contribution in [1.29, 1.82) is 0 Å². The molecule has 36 nitrogen and oxygen atoms in total. The largest absolute Gasteiger partial charge is 0.512 e. The normalized spacial score (nSPS) is 12.1. The zero-order chi connectivity index (χ0) is 113. The quantitative estimate of drug-likeness (QED) is 0.0161. The van der Waals surface area contributed by atoms with Crippen LogP contribution in [0.3, 0.4) is 0 Å². The van der Waals surface area contributed by atoms with E-state index in [1.54, 1.807) is 46.0 Å². The molecule has 1 atom stereocenters. The zero-order valence-electron chi connectivity index (χ0n) is 98.6. The maximum atomic E-state index is 11.0. The molecule has 2 aliphatic rings. The number of aromatic amines is 6. The van der Waals surface area contributed by atoms with E-state index in [4.69, 9.17) is 28.0 Å². The van der Waals surface area contributed by atoms with Crippen LogP contribution in [0.15, 0.2) is 103 Å². The van der Waals surface area contributed by atoms with E-state index < -0.39 is 0 Å². The van der Waals surface area contributed by atoms with Gasteiger partial charge in [0.15, 0.2) is 17.5 Å². The lowest BCUT2D eigenvalue weighted by Gasteiger charge is -2.09. The molecule has 36 heteroatoms. The maximum Gasteiger partial charge on any atom is 0.247 e. The molecule has 2 aliphatic heterocycles. The highest BCUT2D eigenvalue weighted by atomic mass is 16.3. The number of aromatic nitrogens is 17. The van der Waals surface area contributed by atoms with Crippen LogP contribution in [0.5, 0.6) is 0 Å². The molecule has 0 fully saturated rings. The molecule has 6 aromatic rings. The number of aliphatic hydroxyl groups excluding tert-OH is 1. The van der Waals surface area contributed by atoms with Gasteiger partial charge >= 0.3 is 0 Å². The summed E-state index contributed by atoms with van der Waals surface area (Å²) in [5.74, 6) is 14.4. The number of primary amides is 2. The third kappa shape index (κ3) is 110. The molecule has 4 amide bonds. The SMILES string of the molecule is CC(C)/C=C(\O)C(C)C.CC(C)C.CC(C)C.CC(C)C(N)=O.CC(C)C(N)=O.CC(C)C1=NN=NC1.CC(C)CC(=O)C(C)C.CC(C)N=C(N)C(C)C.CC(C)N=C(N)C(C)C.CC(C)NC(=O)C(C)C.CC(C)NC(=O)C(C)C.CC(C)c1cnc(C(C)C)[nH]1.CC(C)c1cnc(C(C)C)[nH]1.CC(C)c1nn[nH]n1.CC(C)c1nn[nH]n1.CC(C)c1nn[nH]n1.CC1C=CC=CN1.O=c1cccc[nH]1. The summed E-state index contributed by atoms with van der Waals surface area (Å²) in [5.41, 5.74) is 24.2. The number of pyridine rings is 1. The summed E-state index contributed by atoms with van der Waals surface area (Å²) < 4.78 is 0. The first kappa shape index (κ1) is 151. The van der Waals surface area contributed by atoms with E-state index in [9.17, 15) is 28.8 Å². The molecular formula is C106H211N29O7. The number of nitrogens with one attached hydrogen (secondary N) is 9. The van der Waals surface area contributed by atoms with Gasteiger partial charge in [-0.05, 0) is 133 Å². The van der Waals surface area contributed by atoms with Crippen molar-refractivity contribution in [3.63, 3.8) is 0 Å². The van der Waals surface area contributed by atoms with Gasteiger partial charge in [-0.3, -0.25) is 38.8 Å². The number of nitrogens with two attached hydrogens (primary N) is 4. The summed E-state index contributed by atoms with van der Waals surface area (Å²) >= 11 is 0. The number of carbonyl (C=O) groups is 5. The summed E-state index contributed by atoms with van der Waals surface area (Å²) in [6.45, 7) is 104. The molecule has 0 aliphatic carbocycles. The lowest BCUT2D eigenvalue weighted by atomic mass is 9.99. The number of H-pyrrole nitrogens is 6. The first-order chi connectivity index (χ1) is 65.2. The second kappa shape index (κ2) is 92.6. The van der Waals surface area contributed by atoms with Gasteiger partial charge in [-0.1, -0.05) is 325 Å². The Morgan fingerprint density at radius 2 is 0.782 bits per heavy atom. The van der Waals surface area contributed by atoms with Crippen LogP contribution in [-0.4, -0.2) is 175 Å². The number of ketones is 1. The molecule has 0 aromatic carbocycles. The molecule has 6 aromatic heterocycles. The fourth-order valence-electron chi connectivity index (χ4n) is 7.54. The average molecular weight is 2000 g/mol. The van der Waals surface area contributed by atoms with E-state index in [1.807, 2.05) is 217 Å². The predicted molar refractivity (Wildman–Crippen MR) is 596 cm³/mol. The van der Waals surface area contributed by atoms with E-state index >= 15 is 0 Å². The smallest absolute Gasteiger partial charge is 0.247 e. The topological polar surface area (TPSA) is 561 Å². The molecule has 18 N–H and O–H groups in total. The summed E-state index contributed by atoms with van der Waals surface area (Å²) in [6.07, 6.45) is 16.2. The fourth-order valence-corrected chi connectivity index (χ4v) is 7.54. The van der Waals surface area contributed by atoms with Gasteiger partial charge in [-0.15, -0.1) is 35.7 Å². The van der Waals surface area contributed by atoms with Crippen LogP contribution < -0.4 is 44.4 Å². The number of Topliss-reactive ketones (excluding diaryl/α,β-unsaturated/α-hetero) is 1. The van der Waals surface area contributed by atoms with Gasteiger partial charge in [0.1, 0.15) is 24.0 Å². The minimum absolute atomic E-state index is 0.00926. The first-order valence-electron chi connectivity index (χ1n) is 50.9. The van der Waals surface area contributed by atoms with Crippen LogP contribution >= 0.6 is 0 Å². The Morgan fingerprint density at radius 1 is 0.444 bits per heavy atom. The number of nitrogens with zero attached hydrogens (tertiary/aromatic N) is 16. The van der Waals surface area contributed by atoms with Gasteiger partial charge in [0, 0.05) is 150 Å². The molecule has 1 unspecified atom stereocenters. The van der Waals surface area contributed by atoms with E-state index in [1.165, 1.54) is 17.5 Å². The molecule has 0 bridgehead atoms. The zero-order valence-corrected chi connectivity index (χ0v) is 98.6. The summed E-state index contributed by atoms with van der Waals surface area (Å²) in [4.78, 5) is 88.7. The van der Waals surface area contributed by atoms with Crippen molar-refractivity contribution in [3.05, 3.63) is 124 Å². The number of tetrazole rings is 3. The Bertz CT molecular complexity index is 3840. The number of imidazole rings is 2. The van der Waals surface area contributed by atoms with Crippen LogP contribution in [0.25, 0.3) is 0 Å².